The van der Waals surface area contributed by atoms with E-state index in [0.29, 0.717) is 23.7 Å². The van der Waals surface area contributed by atoms with Crippen LogP contribution in [-0.4, -0.2) is 44.0 Å². The van der Waals surface area contributed by atoms with Gasteiger partial charge in [0.25, 0.3) is 0 Å². The average Bonchev–Trinajstić information content (AvgIpc) is 3.47. The Kier molecular flexibility index (Phi) is 5.16. The fourth-order valence-electron chi connectivity index (χ4n) is 3.33. The molecule has 1 aromatic rings. The van der Waals surface area contributed by atoms with E-state index in [2.05, 4.69) is 5.32 Å². The van der Waals surface area contributed by atoms with Crippen LogP contribution in [0, 0.1) is 18.8 Å². The maximum atomic E-state index is 12.7. The van der Waals surface area contributed by atoms with Crippen molar-refractivity contribution in [3.63, 3.8) is 0 Å². The van der Waals surface area contributed by atoms with E-state index < -0.39 is 0 Å². The standard InChI is InChI=1S/C19H26N2O4/c1-12-9-16(24-2)17(25-3)10-15(12)20-18(22)14-5-4-8-21(11-14)19(23)13-6-7-13/h9-10,13-14H,4-8,11H2,1-3H3,(H,20,22). The van der Waals surface area contributed by atoms with Crippen LogP contribution in [0.1, 0.15) is 31.2 Å². The van der Waals surface area contributed by atoms with Gasteiger partial charge in [0, 0.05) is 30.8 Å². The molecule has 0 spiro atoms. The molecule has 1 aliphatic carbocycles. The van der Waals surface area contributed by atoms with Crippen molar-refractivity contribution in [2.45, 2.75) is 32.6 Å². The monoisotopic (exact) mass is 346 g/mol. The van der Waals surface area contributed by atoms with E-state index in [1.54, 1.807) is 20.3 Å². The number of aryl methyl sites for hydroxylation is 1. The number of carbonyl (C=O) groups excluding carboxylic acids is 2. The molecule has 0 aromatic heterocycles. The zero-order valence-corrected chi connectivity index (χ0v) is 15.1. The first kappa shape index (κ1) is 17.6. The van der Waals surface area contributed by atoms with Gasteiger partial charge in [-0.3, -0.25) is 9.59 Å². The lowest BCUT2D eigenvalue weighted by Gasteiger charge is -2.32. The summed E-state index contributed by atoms with van der Waals surface area (Å²) >= 11 is 0. The van der Waals surface area contributed by atoms with E-state index in [-0.39, 0.29) is 23.7 Å². The minimum atomic E-state index is -0.163. The summed E-state index contributed by atoms with van der Waals surface area (Å²) in [6.07, 6.45) is 3.68. The fraction of sp³-hybridized carbons (Fsp3) is 0.579. The molecular formula is C19H26N2O4. The van der Waals surface area contributed by atoms with Crippen LogP contribution >= 0.6 is 0 Å². The number of piperidine rings is 1. The molecule has 1 saturated heterocycles. The second-order valence-electron chi connectivity index (χ2n) is 6.91. The third-order valence-corrected chi connectivity index (χ3v) is 5.02. The average molecular weight is 346 g/mol. The number of benzene rings is 1. The summed E-state index contributed by atoms with van der Waals surface area (Å²) in [4.78, 5) is 26.8. The number of nitrogens with zero attached hydrogens (tertiary/aromatic N) is 1. The lowest BCUT2D eigenvalue weighted by atomic mass is 9.96. The summed E-state index contributed by atoms with van der Waals surface area (Å²) in [6.45, 7) is 3.21. The first-order valence-electron chi connectivity index (χ1n) is 8.85. The van der Waals surface area contributed by atoms with E-state index in [1.165, 1.54) is 0 Å². The number of anilines is 1. The van der Waals surface area contributed by atoms with Crippen LogP contribution in [0.5, 0.6) is 11.5 Å². The number of carbonyl (C=O) groups is 2. The molecule has 1 unspecified atom stereocenters. The van der Waals surface area contributed by atoms with Gasteiger partial charge in [0.05, 0.1) is 20.1 Å². The molecule has 6 nitrogen and oxygen atoms in total. The summed E-state index contributed by atoms with van der Waals surface area (Å²) in [5, 5.41) is 3.00. The molecule has 1 heterocycles. The largest absolute Gasteiger partial charge is 0.493 e. The van der Waals surface area contributed by atoms with Crippen LogP contribution in [0.2, 0.25) is 0 Å². The van der Waals surface area contributed by atoms with E-state index in [4.69, 9.17) is 9.47 Å². The van der Waals surface area contributed by atoms with Crippen LogP contribution < -0.4 is 14.8 Å². The molecule has 1 aromatic carbocycles. The molecule has 1 aliphatic heterocycles. The molecule has 136 valence electrons. The number of methoxy groups -OCH3 is 2. The minimum absolute atomic E-state index is 0.0383. The van der Waals surface area contributed by atoms with Crippen molar-refractivity contribution in [2.24, 2.45) is 11.8 Å². The molecule has 25 heavy (non-hydrogen) atoms. The molecule has 6 heteroatoms. The quantitative estimate of drug-likeness (QED) is 0.890. The Morgan fingerprint density at radius 1 is 1.08 bits per heavy atom. The van der Waals surface area contributed by atoms with Crippen molar-refractivity contribution in [3.8, 4) is 11.5 Å². The number of amides is 2. The van der Waals surface area contributed by atoms with Crippen molar-refractivity contribution in [1.29, 1.82) is 0 Å². The lowest BCUT2D eigenvalue weighted by Crippen LogP contribution is -2.44. The number of nitrogens with one attached hydrogen (secondary N) is 1. The highest BCUT2D eigenvalue weighted by molar-refractivity contribution is 5.94. The van der Waals surface area contributed by atoms with Gasteiger partial charge >= 0.3 is 0 Å². The van der Waals surface area contributed by atoms with Gasteiger partial charge in [-0.1, -0.05) is 0 Å². The fourth-order valence-corrected chi connectivity index (χ4v) is 3.33. The maximum Gasteiger partial charge on any atom is 0.229 e. The Labute approximate surface area is 148 Å². The number of likely N-dealkylation sites (tertiary alicyclic amines) is 1. The van der Waals surface area contributed by atoms with E-state index in [1.807, 2.05) is 17.9 Å². The first-order valence-corrected chi connectivity index (χ1v) is 8.85. The number of hydrogen-bond acceptors (Lipinski definition) is 4. The SMILES string of the molecule is COc1cc(C)c(NC(=O)C2CCCN(C(=O)C3CC3)C2)cc1OC. The third-order valence-electron chi connectivity index (χ3n) is 5.02. The summed E-state index contributed by atoms with van der Waals surface area (Å²) in [5.41, 5.74) is 1.63. The molecule has 1 atom stereocenters. The molecule has 0 bridgehead atoms. The number of hydrogen-bond donors (Lipinski definition) is 1. The van der Waals surface area contributed by atoms with Crippen molar-refractivity contribution in [3.05, 3.63) is 17.7 Å². The molecule has 2 amide bonds. The summed E-state index contributed by atoms with van der Waals surface area (Å²) in [6, 6.07) is 3.63. The van der Waals surface area contributed by atoms with Gasteiger partial charge in [0.2, 0.25) is 11.8 Å². The van der Waals surface area contributed by atoms with Crippen LogP contribution in [0.3, 0.4) is 0 Å². The summed E-state index contributed by atoms with van der Waals surface area (Å²) in [7, 11) is 3.16. The number of rotatable bonds is 5. The highest BCUT2D eigenvalue weighted by Gasteiger charge is 2.36. The Morgan fingerprint density at radius 2 is 1.76 bits per heavy atom. The van der Waals surface area contributed by atoms with Crippen molar-refractivity contribution in [2.75, 3.05) is 32.6 Å². The topological polar surface area (TPSA) is 67.9 Å². The molecule has 0 radical (unpaired) electrons. The Bertz CT molecular complexity index is 670. The predicted molar refractivity (Wildman–Crippen MR) is 94.9 cm³/mol. The molecule has 3 rings (SSSR count). The zero-order valence-electron chi connectivity index (χ0n) is 15.1. The van der Waals surface area contributed by atoms with Gasteiger partial charge in [-0.2, -0.15) is 0 Å². The van der Waals surface area contributed by atoms with E-state index in [0.717, 1.165) is 37.8 Å². The van der Waals surface area contributed by atoms with E-state index >= 15 is 0 Å². The minimum Gasteiger partial charge on any atom is -0.493 e. The van der Waals surface area contributed by atoms with Gasteiger partial charge in [-0.15, -0.1) is 0 Å². The molecule has 2 aliphatic rings. The van der Waals surface area contributed by atoms with Crippen LogP contribution in [-0.2, 0) is 9.59 Å². The van der Waals surface area contributed by atoms with Gasteiger partial charge in [0.1, 0.15) is 0 Å². The van der Waals surface area contributed by atoms with Crippen LogP contribution in [0.25, 0.3) is 0 Å². The van der Waals surface area contributed by atoms with Gasteiger partial charge < -0.3 is 19.7 Å². The molecule has 2 fully saturated rings. The smallest absolute Gasteiger partial charge is 0.229 e. The zero-order chi connectivity index (χ0) is 18.0. The molecular weight excluding hydrogens is 320 g/mol. The Balaban J connectivity index is 1.68. The van der Waals surface area contributed by atoms with Crippen molar-refractivity contribution in [1.82, 2.24) is 4.90 Å². The van der Waals surface area contributed by atoms with Crippen molar-refractivity contribution >= 4 is 17.5 Å². The predicted octanol–water partition coefficient (Wildman–Crippen LogP) is 2.60. The lowest BCUT2D eigenvalue weighted by molar-refractivity contribution is -0.135. The van der Waals surface area contributed by atoms with Gasteiger partial charge in [-0.25, -0.2) is 0 Å². The molecule has 1 N–H and O–H groups in total. The first-order chi connectivity index (χ1) is 12.0. The van der Waals surface area contributed by atoms with Gasteiger partial charge in [-0.05, 0) is 44.2 Å². The second kappa shape index (κ2) is 7.33. The summed E-state index contributed by atoms with van der Waals surface area (Å²) in [5.74, 6) is 1.44. The third kappa shape index (κ3) is 3.89. The Morgan fingerprint density at radius 3 is 2.40 bits per heavy atom. The number of ether oxygens (including phenoxy) is 2. The van der Waals surface area contributed by atoms with Crippen LogP contribution in [0.4, 0.5) is 5.69 Å². The van der Waals surface area contributed by atoms with Crippen molar-refractivity contribution < 1.29 is 19.1 Å². The maximum absolute atomic E-state index is 12.7. The summed E-state index contributed by atoms with van der Waals surface area (Å²) < 4.78 is 10.6. The van der Waals surface area contributed by atoms with E-state index in [9.17, 15) is 9.59 Å². The normalized spacial score (nSPS) is 20.1. The second-order valence-corrected chi connectivity index (χ2v) is 6.91. The van der Waals surface area contributed by atoms with Gasteiger partial charge in [0.15, 0.2) is 11.5 Å². The highest BCUT2D eigenvalue weighted by atomic mass is 16.5. The van der Waals surface area contributed by atoms with Crippen LogP contribution in [0.15, 0.2) is 12.1 Å². The Hall–Kier alpha value is -2.24. The molecule has 1 saturated carbocycles. The highest BCUT2D eigenvalue weighted by Crippen LogP contribution is 2.34.